The third kappa shape index (κ3) is 2.82. The zero-order valence-corrected chi connectivity index (χ0v) is 12.2. The molecule has 1 aromatic rings. The Hall–Kier alpha value is -1.11. The molecule has 0 spiro atoms. The number of benzene rings is 1. The lowest BCUT2D eigenvalue weighted by Crippen LogP contribution is -2.43. The average molecular weight is 296 g/mol. The van der Waals surface area contributed by atoms with Crippen molar-refractivity contribution in [3.8, 4) is 5.75 Å². The van der Waals surface area contributed by atoms with Crippen molar-refractivity contribution >= 4 is 10.0 Å². The van der Waals surface area contributed by atoms with E-state index in [-0.39, 0.29) is 11.3 Å². The van der Waals surface area contributed by atoms with E-state index in [0.717, 1.165) is 24.4 Å². The van der Waals surface area contributed by atoms with Crippen molar-refractivity contribution in [2.24, 2.45) is 0 Å². The van der Waals surface area contributed by atoms with Crippen molar-refractivity contribution in [2.45, 2.75) is 30.6 Å². The molecule has 3 rings (SSSR count). The highest BCUT2D eigenvalue weighted by Crippen LogP contribution is 2.32. The summed E-state index contributed by atoms with van der Waals surface area (Å²) in [6, 6.07) is 7.48. The van der Waals surface area contributed by atoms with E-state index in [2.05, 4.69) is 10.0 Å². The van der Waals surface area contributed by atoms with Crippen LogP contribution in [0.4, 0.5) is 0 Å². The Balaban J connectivity index is 1.78. The Morgan fingerprint density at radius 2 is 1.90 bits per heavy atom. The number of sulfonamides is 1. The molecule has 0 aromatic heterocycles. The lowest BCUT2D eigenvalue weighted by atomic mass is 10.0. The number of para-hydroxylation sites is 1. The predicted octanol–water partition coefficient (Wildman–Crippen LogP) is 1.18. The van der Waals surface area contributed by atoms with E-state index in [1.54, 1.807) is 0 Å². The highest BCUT2D eigenvalue weighted by molar-refractivity contribution is 7.90. The van der Waals surface area contributed by atoms with Crippen LogP contribution in [0, 0.1) is 0 Å². The van der Waals surface area contributed by atoms with E-state index in [4.69, 9.17) is 4.74 Å². The predicted molar refractivity (Wildman–Crippen MR) is 77.2 cm³/mol. The zero-order valence-electron chi connectivity index (χ0n) is 11.3. The molecule has 2 heterocycles. The molecule has 0 saturated carbocycles. The van der Waals surface area contributed by atoms with Crippen LogP contribution in [-0.2, 0) is 10.0 Å². The highest BCUT2D eigenvalue weighted by atomic mass is 32.2. The largest absolute Gasteiger partial charge is 0.493 e. The summed E-state index contributed by atoms with van der Waals surface area (Å²) < 4.78 is 33.4. The normalized spacial score (nSPS) is 23.9. The van der Waals surface area contributed by atoms with Crippen LogP contribution in [0.15, 0.2) is 24.3 Å². The first-order valence-corrected chi connectivity index (χ1v) is 8.65. The molecule has 0 aliphatic carbocycles. The molecule has 0 radical (unpaired) electrons. The molecule has 2 aliphatic heterocycles. The molecule has 1 atom stereocenters. The van der Waals surface area contributed by atoms with Crippen LogP contribution in [0.2, 0.25) is 0 Å². The van der Waals surface area contributed by atoms with Gasteiger partial charge in [-0.3, -0.25) is 0 Å². The van der Waals surface area contributed by atoms with Gasteiger partial charge >= 0.3 is 0 Å². The van der Waals surface area contributed by atoms with Gasteiger partial charge in [0.1, 0.15) is 5.75 Å². The second kappa shape index (κ2) is 5.71. The van der Waals surface area contributed by atoms with Crippen LogP contribution in [-0.4, -0.2) is 33.4 Å². The smallest absolute Gasteiger partial charge is 0.215 e. The molecule has 0 bridgehead atoms. The minimum atomic E-state index is -3.27. The van der Waals surface area contributed by atoms with Crippen molar-refractivity contribution in [3.05, 3.63) is 29.8 Å². The summed E-state index contributed by atoms with van der Waals surface area (Å²) in [6.45, 7) is 2.10. The molecular formula is C14H20N2O3S. The SMILES string of the molecule is O=S(=O)(NC1CCOc2ccccc21)C1CCNCC1. The van der Waals surface area contributed by atoms with Crippen molar-refractivity contribution in [1.82, 2.24) is 10.0 Å². The van der Waals surface area contributed by atoms with Gasteiger partial charge in [0.05, 0.1) is 17.9 Å². The van der Waals surface area contributed by atoms with Crippen molar-refractivity contribution < 1.29 is 13.2 Å². The summed E-state index contributed by atoms with van der Waals surface area (Å²) >= 11 is 0. The molecule has 110 valence electrons. The molecule has 1 saturated heterocycles. The van der Waals surface area contributed by atoms with Gasteiger partial charge in [-0.1, -0.05) is 18.2 Å². The molecule has 0 amide bonds. The van der Waals surface area contributed by atoms with Gasteiger partial charge in [0.2, 0.25) is 10.0 Å². The topological polar surface area (TPSA) is 67.4 Å². The first kappa shape index (κ1) is 13.9. The van der Waals surface area contributed by atoms with Crippen LogP contribution >= 0.6 is 0 Å². The summed E-state index contributed by atoms with van der Waals surface area (Å²) in [7, 11) is -3.27. The van der Waals surface area contributed by atoms with E-state index >= 15 is 0 Å². The third-order valence-corrected chi connectivity index (χ3v) is 5.95. The van der Waals surface area contributed by atoms with Crippen LogP contribution in [0.5, 0.6) is 5.75 Å². The van der Waals surface area contributed by atoms with Gasteiger partial charge in [-0.15, -0.1) is 0 Å². The van der Waals surface area contributed by atoms with E-state index in [0.29, 0.717) is 25.9 Å². The first-order valence-electron chi connectivity index (χ1n) is 7.10. The van der Waals surface area contributed by atoms with E-state index in [9.17, 15) is 8.42 Å². The number of hydrogen-bond donors (Lipinski definition) is 2. The Kier molecular flexibility index (Phi) is 3.96. The van der Waals surface area contributed by atoms with Crippen LogP contribution in [0.1, 0.15) is 30.9 Å². The van der Waals surface area contributed by atoms with Crippen LogP contribution < -0.4 is 14.8 Å². The molecule has 1 fully saturated rings. The Labute approximate surface area is 119 Å². The van der Waals surface area contributed by atoms with Gasteiger partial charge in [0, 0.05) is 12.0 Å². The number of hydrogen-bond acceptors (Lipinski definition) is 4. The number of rotatable bonds is 3. The van der Waals surface area contributed by atoms with Crippen molar-refractivity contribution in [3.63, 3.8) is 0 Å². The summed E-state index contributed by atoms with van der Waals surface area (Å²) in [5.74, 6) is 0.789. The number of fused-ring (bicyclic) bond motifs is 1. The van der Waals surface area contributed by atoms with Gasteiger partial charge in [-0.2, -0.15) is 0 Å². The molecule has 2 N–H and O–H groups in total. The Morgan fingerprint density at radius 1 is 1.15 bits per heavy atom. The summed E-state index contributed by atoms with van der Waals surface area (Å²) in [4.78, 5) is 0. The second-order valence-electron chi connectivity index (χ2n) is 5.34. The first-order chi connectivity index (χ1) is 9.67. The summed E-state index contributed by atoms with van der Waals surface area (Å²) in [5, 5.41) is 2.91. The maximum absolute atomic E-state index is 12.5. The van der Waals surface area contributed by atoms with Gasteiger partial charge in [-0.25, -0.2) is 13.1 Å². The lowest BCUT2D eigenvalue weighted by Gasteiger charge is -2.29. The molecule has 1 unspecified atom stereocenters. The Bertz CT molecular complexity index is 568. The van der Waals surface area contributed by atoms with E-state index in [1.807, 2.05) is 24.3 Å². The van der Waals surface area contributed by atoms with E-state index in [1.165, 1.54) is 0 Å². The van der Waals surface area contributed by atoms with Gasteiger partial charge in [0.25, 0.3) is 0 Å². The Morgan fingerprint density at radius 3 is 2.70 bits per heavy atom. The van der Waals surface area contributed by atoms with Crippen molar-refractivity contribution in [2.75, 3.05) is 19.7 Å². The molecule has 6 heteroatoms. The van der Waals surface area contributed by atoms with E-state index < -0.39 is 10.0 Å². The summed E-state index contributed by atoms with van der Waals surface area (Å²) in [6.07, 6.45) is 2.04. The van der Waals surface area contributed by atoms with Crippen LogP contribution in [0.3, 0.4) is 0 Å². The molecule has 20 heavy (non-hydrogen) atoms. The number of piperidine rings is 1. The number of ether oxygens (including phenoxy) is 1. The molecule has 5 nitrogen and oxygen atoms in total. The monoisotopic (exact) mass is 296 g/mol. The maximum Gasteiger partial charge on any atom is 0.215 e. The average Bonchev–Trinajstić information content (AvgIpc) is 2.48. The summed E-state index contributed by atoms with van der Waals surface area (Å²) in [5.41, 5.74) is 0.941. The van der Waals surface area contributed by atoms with Crippen molar-refractivity contribution in [1.29, 1.82) is 0 Å². The minimum Gasteiger partial charge on any atom is -0.493 e. The number of nitrogens with one attached hydrogen (secondary N) is 2. The molecule has 1 aromatic carbocycles. The zero-order chi connectivity index (χ0) is 14.0. The second-order valence-corrected chi connectivity index (χ2v) is 7.33. The van der Waals surface area contributed by atoms with Crippen LogP contribution in [0.25, 0.3) is 0 Å². The van der Waals surface area contributed by atoms with Gasteiger partial charge in [0.15, 0.2) is 0 Å². The maximum atomic E-state index is 12.5. The lowest BCUT2D eigenvalue weighted by molar-refractivity contribution is 0.262. The molecular weight excluding hydrogens is 276 g/mol. The highest BCUT2D eigenvalue weighted by Gasteiger charge is 2.31. The molecule has 2 aliphatic rings. The quantitative estimate of drug-likeness (QED) is 0.879. The third-order valence-electron chi connectivity index (χ3n) is 3.99. The van der Waals surface area contributed by atoms with Gasteiger partial charge < -0.3 is 10.1 Å². The van der Waals surface area contributed by atoms with Gasteiger partial charge in [-0.05, 0) is 32.0 Å². The fourth-order valence-corrected chi connectivity index (χ4v) is 4.55. The fraction of sp³-hybridized carbons (Fsp3) is 0.571. The fourth-order valence-electron chi connectivity index (χ4n) is 2.86. The minimum absolute atomic E-state index is 0.167. The standard InChI is InChI=1S/C14H20N2O3S/c17-20(18,11-5-8-15-9-6-11)16-13-7-10-19-14-4-2-1-3-12(13)14/h1-4,11,13,15-16H,5-10H2.